The number of amides is 1. The molecule has 1 aromatic rings. The zero-order valence-corrected chi connectivity index (χ0v) is 13.4. The number of hydrogen-bond donors (Lipinski definition) is 2. The van der Waals surface area contributed by atoms with E-state index < -0.39 is 6.04 Å². The Morgan fingerprint density at radius 2 is 2.14 bits per heavy atom. The first-order chi connectivity index (χ1) is 9.48. The van der Waals surface area contributed by atoms with Crippen LogP contribution in [0.15, 0.2) is 24.3 Å². The van der Waals surface area contributed by atoms with Crippen molar-refractivity contribution < 1.29 is 9.18 Å². The van der Waals surface area contributed by atoms with Crippen molar-refractivity contribution in [2.45, 2.75) is 44.6 Å². The van der Waals surface area contributed by atoms with Crippen molar-refractivity contribution in [1.82, 2.24) is 5.32 Å². The summed E-state index contributed by atoms with van der Waals surface area (Å²) in [6.07, 6.45) is 2.84. The van der Waals surface area contributed by atoms with Gasteiger partial charge in [-0.3, -0.25) is 4.79 Å². The van der Waals surface area contributed by atoms with E-state index in [1.807, 2.05) is 19.9 Å². The molecule has 1 aliphatic rings. The van der Waals surface area contributed by atoms with Crippen LogP contribution in [-0.2, 0) is 10.2 Å². The topological polar surface area (TPSA) is 55.1 Å². The van der Waals surface area contributed by atoms with Crippen LogP contribution in [0.25, 0.3) is 0 Å². The molecule has 1 aromatic carbocycles. The van der Waals surface area contributed by atoms with Gasteiger partial charge < -0.3 is 11.1 Å². The molecule has 0 bridgehead atoms. The Balaban J connectivity index is 0.00000220. The fourth-order valence-corrected chi connectivity index (χ4v) is 2.42. The van der Waals surface area contributed by atoms with Gasteiger partial charge in [-0.15, -0.1) is 12.4 Å². The molecule has 0 saturated heterocycles. The standard InChI is InChI=1S/C16H23FN2O.ClH/c1-3-11(2)14(18)15(20)19-10-16(7-8-16)12-5-4-6-13(17)9-12;/h4-6,9,11,14H,3,7-8,10,18H2,1-2H3,(H,19,20);1H. The molecule has 0 aliphatic heterocycles. The molecule has 1 aliphatic carbocycles. The number of rotatable bonds is 6. The number of carbonyl (C=O) groups excluding carboxylic acids is 1. The molecule has 3 nitrogen and oxygen atoms in total. The molecule has 118 valence electrons. The van der Waals surface area contributed by atoms with Crippen LogP contribution in [0.5, 0.6) is 0 Å². The van der Waals surface area contributed by atoms with E-state index in [0.717, 1.165) is 24.8 Å². The predicted octanol–water partition coefficient (Wildman–Crippen LogP) is 2.77. The highest BCUT2D eigenvalue weighted by atomic mass is 35.5. The molecular weight excluding hydrogens is 291 g/mol. The lowest BCUT2D eigenvalue weighted by Crippen LogP contribution is -2.46. The first kappa shape index (κ1) is 17.9. The lowest BCUT2D eigenvalue weighted by Gasteiger charge is -2.21. The highest BCUT2D eigenvalue weighted by Crippen LogP contribution is 2.47. The third kappa shape index (κ3) is 4.17. The zero-order valence-electron chi connectivity index (χ0n) is 12.6. The maximum absolute atomic E-state index is 13.3. The van der Waals surface area contributed by atoms with E-state index in [9.17, 15) is 9.18 Å². The van der Waals surface area contributed by atoms with Crippen molar-refractivity contribution in [3.63, 3.8) is 0 Å². The molecule has 3 N–H and O–H groups in total. The number of nitrogens with one attached hydrogen (secondary N) is 1. The average molecular weight is 315 g/mol. The Kier molecular flexibility index (Phi) is 6.17. The summed E-state index contributed by atoms with van der Waals surface area (Å²) in [5, 5.41) is 2.93. The van der Waals surface area contributed by atoms with E-state index in [1.165, 1.54) is 6.07 Å². The molecule has 1 saturated carbocycles. The van der Waals surface area contributed by atoms with Gasteiger partial charge in [0.2, 0.25) is 5.91 Å². The van der Waals surface area contributed by atoms with Crippen LogP contribution in [0.4, 0.5) is 4.39 Å². The lowest BCUT2D eigenvalue weighted by atomic mass is 9.95. The van der Waals surface area contributed by atoms with Gasteiger partial charge in [0, 0.05) is 12.0 Å². The molecule has 1 fully saturated rings. The minimum absolute atomic E-state index is 0. The quantitative estimate of drug-likeness (QED) is 0.848. The first-order valence-corrected chi connectivity index (χ1v) is 7.28. The van der Waals surface area contributed by atoms with E-state index in [1.54, 1.807) is 12.1 Å². The molecule has 2 unspecified atom stereocenters. The molecule has 1 amide bonds. The van der Waals surface area contributed by atoms with Crippen LogP contribution in [-0.4, -0.2) is 18.5 Å². The maximum Gasteiger partial charge on any atom is 0.237 e. The number of benzene rings is 1. The van der Waals surface area contributed by atoms with Crippen LogP contribution in [0.3, 0.4) is 0 Å². The van der Waals surface area contributed by atoms with Crippen molar-refractivity contribution in [2.75, 3.05) is 6.54 Å². The van der Waals surface area contributed by atoms with Crippen LogP contribution in [0, 0.1) is 11.7 Å². The Bertz CT molecular complexity index is 491. The van der Waals surface area contributed by atoms with Gasteiger partial charge in [0.15, 0.2) is 0 Å². The second-order valence-corrected chi connectivity index (χ2v) is 5.92. The summed E-state index contributed by atoms with van der Waals surface area (Å²) in [5.41, 5.74) is 6.79. The van der Waals surface area contributed by atoms with E-state index in [4.69, 9.17) is 5.73 Å². The second kappa shape index (κ2) is 7.23. The number of halogens is 2. The minimum Gasteiger partial charge on any atom is -0.354 e. The summed E-state index contributed by atoms with van der Waals surface area (Å²) in [5.74, 6) is -0.169. The van der Waals surface area contributed by atoms with E-state index in [0.29, 0.717) is 6.54 Å². The lowest BCUT2D eigenvalue weighted by molar-refractivity contribution is -0.123. The predicted molar refractivity (Wildman–Crippen MR) is 85.0 cm³/mol. The summed E-state index contributed by atoms with van der Waals surface area (Å²) >= 11 is 0. The fraction of sp³-hybridized carbons (Fsp3) is 0.562. The average Bonchev–Trinajstić information content (AvgIpc) is 3.24. The van der Waals surface area contributed by atoms with Gasteiger partial charge >= 0.3 is 0 Å². The molecule has 2 rings (SSSR count). The van der Waals surface area contributed by atoms with Crippen molar-refractivity contribution in [3.05, 3.63) is 35.6 Å². The van der Waals surface area contributed by atoms with Crippen molar-refractivity contribution in [2.24, 2.45) is 11.7 Å². The Morgan fingerprint density at radius 3 is 2.67 bits per heavy atom. The molecule has 2 atom stereocenters. The summed E-state index contributed by atoms with van der Waals surface area (Å²) in [6, 6.07) is 6.18. The first-order valence-electron chi connectivity index (χ1n) is 7.28. The van der Waals surface area contributed by atoms with Crippen molar-refractivity contribution in [1.29, 1.82) is 0 Å². The van der Waals surface area contributed by atoms with Crippen LogP contribution in [0.1, 0.15) is 38.7 Å². The summed E-state index contributed by atoms with van der Waals surface area (Å²) in [4.78, 5) is 12.0. The molecule has 0 radical (unpaired) electrons. The number of carbonyl (C=O) groups is 1. The number of nitrogens with two attached hydrogens (primary N) is 1. The van der Waals surface area contributed by atoms with Gasteiger partial charge in [-0.05, 0) is 36.5 Å². The molecule has 5 heteroatoms. The summed E-state index contributed by atoms with van der Waals surface area (Å²) < 4.78 is 13.3. The molecule has 21 heavy (non-hydrogen) atoms. The molecular formula is C16H24ClFN2O. The van der Waals surface area contributed by atoms with Crippen molar-refractivity contribution >= 4 is 18.3 Å². The Labute approximate surface area is 131 Å². The van der Waals surface area contributed by atoms with E-state index in [-0.39, 0.29) is 35.5 Å². The second-order valence-electron chi connectivity index (χ2n) is 5.92. The van der Waals surface area contributed by atoms with E-state index in [2.05, 4.69) is 5.32 Å². The summed E-state index contributed by atoms with van der Waals surface area (Å²) in [7, 11) is 0. The smallest absolute Gasteiger partial charge is 0.237 e. The molecule has 0 aromatic heterocycles. The third-order valence-corrected chi connectivity index (χ3v) is 4.45. The fourth-order valence-electron chi connectivity index (χ4n) is 2.42. The largest absolute Gasteiger partial charge is 0.354 e. The molecule has 0 heterocycles. The van der Waals surface area contributed by atoms with Gasteiger partial charge in [0.25, 0.3) is 0 Å². The van der Waals surface area contributed by atoms with Crippen LogP contribution < -0.4 is 11.1 Å². The van der Waals surface area contributed by atoms with Gasteiger partial charge in [-0.1, -0.05) is 32.4 Å². The highest BCUT2D eigenvalue weighted by molar-refractivity contribution is 5.85. The Morgan fingerprint density at radius 1 is 1.48 bits per heavy atom. The Hall–Kier alpha value is -1.13. The maximum atomic E-state index is 13.3. The van der Waals surface area contributed by atoms with Gasteiger partial charge in [-0.2, -0.15) is 0 Å². The number of hydrogen-bond acceptors (Lipinski definition) is 2. The van der Waals surface area contributed by atoms with Gasteiger partial charge in [0.05, 0.1) is 6.04 Å². The SMILES string of the molecule is CCC(C)C(N)C(=O)NCC1(c2cccc(F)c2)CC1.Cl. The van der Waals surface area contributed by atoms with Gasteiger partial charge in [0.1, 0.15) is 5.82 Å². The van der Waals surface area contributed by atoms with E-state index >= 15 is 0 Å². The van der Waals surface area contributed by atoms with Crippen LogP contribution in [0.2, 0.25) is 0 Å². The normalized spacial score (nSPS) is 18.3. The highest BCUT2D eigenvalue weighted by Gasteiger charge is 2.44. The molecule has 0 spiro atoms. The van der Waals surface area contributed by atoms with Crippen LogP contribution >= 0.6 is 12.4 Å². The zero-order chi connectivity index (χ0) is 14.8. The van der Waals surface area contributed by atoms with Gasteiger partial charge in [-0.25, -0.2) is 4.39 Å². The minimum atomic E-state index is -0.469. The summed E-state index contributed by atoms with van der Waals surface area (Å²) in [6.45, 7) is 4.54. The third-order valence-electron chi connectivity index (χ3n) is 4.45. The monoisotopic (exact) mass is 314 g/mol. The van der Waals surface area contributed by atoms with Crippen molar-refractivity contribution in [3.8, 4) is 0 Å².